The highest BCUT2D eigenvalue weighted by atomic mass is 32.1. The van der Waals surface area contributed by atoms with Gasteiger partial charge in [0, 0.05) is 4.88 Å². The number of urea groups is 1. The number of nitrogens with one attached hydrogen (secondary N) is 2. The normalized spacial score (nSPS) is 13.2. The van der Waals surface area contributed by atoms with Crippen molar-refractivity contribution >= 4 is 34.9 Å². The van der Waals surface area contributed by atoms with E-state index in [0.717, 1.165) is 25.7 Å². The number of para-hydroxylation sites is 1. The number of halogens is 1. The van der Waals surface area contributed by atoms with E-state index >= 15 is 0 Å². The molecule has 0 saturated carbocycles. The van der Waals surface area contributed by atoms with Crippen LogP contribution < -0.4 is 10.6 Å². The van der Waals surface area contributed by atoms with Crippen LogP contribution >= 0.6 is 11.3 Å². The molecule has 142 valence electrons. The number of imide groups is 1. The predicted molar refractivity (Wildman–Crippen MR) is 99.4 cm³/mol. The molecule has 3 rings (SSSR count). The van der Waals surface area contributed by atoms with Gasteiger partial charge in [0.2, 0.25) is 0 Å². The number of thiophene rings is 1. The molecule has 2 aromatic rings. The van der Waals surface area contributed by atoms with Gasteiger partial charge in [-0.1, -0.05) is 18.6 Å². The molecule has 0 saturated heterocycles. The van der Waals surface area contributed by atoms with Crippen molar-refractivity contribution in [1.29, 1.82) is 0 Å². The van der Waals surface area contributed by atoms with E-state index < -0.39 is 30.3 Å². The smallest absolute Gasteiger partial charge is 0.348 e. The Bertz CT molecular complexity index is 842. The van der Waals surface area contributed by atoms with E-state index in [0.29, 0.717) is 4.88 Å². The molecule has 1 aromatic heterocycles. The third kappa shape index (κ3) is 5.13. The topological polar surface area (TPSA) is 84.5 Å². The minimum absolute atomic E-state index is 0.0557. The Kier molecular flexibility index (Phi) is 6.18. The van der Waals surface area contributed by atoms with E-state index in [-0.39, 0.29) is 5.69 Å². The lowest BCUT2D eigenvalue weighted by atomic mass is 10.1. The summed E-state index contributed by atoms with van der Waals surface area (Å²) >= 11 is 1.40. The van der Waals surface area contributed by atoms with Crippen molar-refractivity contribution in [2.45, 2.75) is 32.1 Å². The van der Waals surface area contributed by atoms with Crippen LogP contribution in [-0.2, 0) is 22.4 Å². The van der Waals surface area contributed by atoms with E-state index in [1.54, 1.807) is 6.07 Å². The predicted octanol–water partition coefficient (Wildman–Crippen LogP) is 3.66. The first-order chi connectivity index (χ1) is 13.0. The summed E-state index contributed by atoms with van der Waals surface area (Å²) in [5.74, 6) is -2.00. The van der Waals surface area contributed by atoms with Crippen molar-refractivity contribution in [1.82, 2.24) is 5.32 Å². The molecule has 1 aliphatic rings. The molecule has 1 aromatic carbocycles. The van der Waals surface area contributed by atoms with Gasteiger partial charge in [0.05, 0.1) is 5.69 Å². The number of aryl methyl sites for hydroxylation is 2. The zero-order valence-corrected chi connectivity index (χ0v) is 15.4. The van der Waals surface area contributed by atoms with Gasteiger partial charge < -0.3 is 10.1 Å². The number of carbonyl (C=O) groups is 3. The zero-order valence-electron chi connectivity index (χ0n) is 14.5. The summed E-state index contributed by atoms with van der Waals surface area (Å²) in [5, 5.41) is 4.21. The van der Waals surface area contributed by atoms with E-state index in [2.05, 4.69) is 5.32 Å². The molecule has 0 radical (unpaired) electrons. The lowest BCUT2D eigenvalue weighted by molar-refractivity contribution is -0.123. The van der Waals surface area contributed by atoms with Crippen molar-refractivity contribution < 1.29 is 23.5 Å². The first-order valence-corrected chi connectivity index (χ1v) is 9.48. The summed E-state index contributed by atoms with van der Waals surface area (Å²) in [6.45, 7) is -0.591. The number of benzene rings is 1. The molecule has 3 amide bonds. The van der Waals surface area contributed by atoms with Gasteiger partial charge in [0.1, 0.15) is 10.7 Å². The minimum Gasteiger partial charge on any atom is -0.451 e. The molecule has 6 nitrogen and oxygen atoms in total. The van der Waals surface area contributed by atoms with E-state index in [1.165, 1.54) is 46.4 Å². The maximum atomic E-state index is 13.5. The van der Waals surface area contributed by atoms with Gasteiger partial charge in [-0.05, 0) is 49.4 Å². The molecule has 27 heavy (non-hydrogen) atoms. The van der Waals surface area contributed by atoms with Gasteiger partial charge in [-0.15, -0.1) is 11.3 Å². The molecular weight excluding hydrogens is 371 g/mol. The summed E-state index contributed by atoms with van der Waals surface area (Å²) in [6.07, 6.45) is 5.33. The van der Waals surface area contributed by atoms with Crippen molar-refractivity contribution in [2.75, 3.05) is 11.9 Å². The van der Waals surface area contributed by atoms with Crippen LogP contribution in [0.5, 0.6) is 0 Å². The summed E-state index contributed by atoms with van der Waals surface area (Å²) in [5.41, 5.74) is 1.12. The first kappa shape index (κ1) is 19.0. The Labute approximate surface area is 159 Å². The zero-order chi connectivity index (χ0) is 19.2. The Morgan fingerprint density at radius 2 is 1.89 bits per heavy atom. The van der Waals surface area contributed by atoms with Crippen molar-refractivity contribution in [2.24, 2.45) is 0 Å². The lowest BCUT2D eigenvalue weighted by Gasteiger charge is -2.07. The second-order valence-electron chi connectivity index (χ2n) is 6.18. The van der Waals surface area contributed by atoms with Gasteiger partial charge in [0.25, 0.3) is 5.91 Å². The first-order valence-electron chi connectivity index (χ1n) is 8.67. The molecule has 0 spiro atoms. The Balaban J connectivity index is 1.48. The standard InChI is InChI=1S/C19H19FN2O4S/c20-13-7-4-5-8-14(13)21-19(25)22-17(23)11-26-18(24)16-10-12-6-2-1-3-9-15(12)27-16/h4-5,7-8,10H,1-3,6,9,11H2,(H2,21,22,23,25). The number of fused-ring (bicyclic) bond motifs is 1. The Hall–Kier alpha value is -2.74. The number of amides is 3. The van der Waals surface area contributed by atoms with Gasteiger partial charge in [0.15, 0.2) is 6.61 Å². The van der Waals surface area contributed by atoms with E-state index in [9.17, 15) is 18.8 Å². The molecule has 0 fully saturated rings. The van der Waals surface area contributed by atoms with Crippen LogP contribution in [0, 0.1) is 5.82 Å². The minimum atomic E-state index is -0.899. The molecule has 0 aliphatic heterocycles. The summed E-state index contributed by atoms with van der Waals surface area (Å²) in [4.78, 5) is 37.3. The quantitative estimate of drug-likeness (QED) is 0.616. The maximum Gasteiger partial charge on any atom is 0.348 e. The molecule has 0 unspecified atom stereocenters. The third-order valence-electron chi connectivity index (χ3n) is 4.16. The van der Waals surface area contributed by atoms with Crippen molar-refractivity contribution in [3.63, 3.8) is 0 Å². The number of hydrogen-bond acceptors (Lipinski definition) is 5. The summed E-state index contributed by atoms with van der Waals surface area (Å²) < 4.78 is 18.4. The molecule has 1 aliphatic carbocycles. The third-order valence-corrected chi connectivity index (χ3v) is 5.37. The highest BCUT2D eigenvalue weighted by Crippen LogP contribution is 2.29. The van der Waals surface area contributed by atoms with E-state index in [1.807, 2.05) is 11.4 Å². The van der Waals surface area contributed by atoms with Crippen LogP contribution in [0.25, 0.3) is 0 Å². The maximum absolute atomic E-state index is 13.5. The molecule has 8 heteroatoms. The van der Waals surface area contributed by atoms with Crippen LogP contribution in [0.15, 0.2) is 30.3 Å². The fraction of sp³-hybridized carbons (Fsp3) is 0.316. The average molecular weight is 390 g/mol. The van der Waals surface area contributed by atoms with E-state index in [4.69, 9.17) is 4.74 Å². The van der Waals surface area contributed by atoms with Gasteiger partial charge >= 0.3 is 12.0 Å². The molecule has 1 heterocycles. The average Bonchev–Trinajstić information content (AvgIpc) is 2.92. The molecular formula is C19H19FN2O4S. The van der Waals surface area contributed by atoms with Crippen LogP contribution in [0.4, 0.5) is 14.9 Å². The van der Waals surface area contributed by atoms with Crippen molar-refractivity contribution in [3.05, 3.63) is 51.5 Å². The van der Waals surface area contributed by atoms with Crippen molar-refractivity contribution in [3.8, 4) is 0 Å². The SMILES string of the molecule is O=C(COC(=O)c1cc2c(s1)CCCCC2)NC(=O)Nc1ccccc1F. The van der Waals surface area contributed by atoms with Crippen LogP contribution in [-0.4, -0.2) is 24.5 Å². The fourth-order valence-corrected chi connectivity index (χ4v) is 4.00. The highest BCUT2D eigenvalue weighted by molar-refractivity contribution is 7.14. The van der Waals surface area contributed by atoms with Gasteiger partial charge in [-0.25, -0.2) is 14.0 Å². The second kappa shape index (κ2) is 8.77. The lowest BCUT2D eigenvalue weighted by Crippen LogP contribution is -2.37. The van der Waals surface area contributed by atoms with Crippen LogP contribution in [0.2, 0.25) is 0 Å². The number of esters is 1. The summed E-state index contributed by atoms with van der Waals surface area (Å²) in [6, 6.07) is 6.50. The monoisotopic (exact) mass is 390 g/mol. The highest BCUT2D eigenvalue weighted by Gasteiger charge is 2.19. The number of rotatable bonds is 4. The second-order valence-corrected chi connectivity index (χ2v) is 7.31. The fourth-order valence-electron chi connectivity index (χ4n) is 2.85. The Morgan fingerprint density at radius 1 is 1.11 bits per heavy atom. The Morgan fingerprint density at radius 3 is 2.70 bits per heavy atom. The van der Waals surface area contributed by atoms with Gasteiger partial charge in [-0.2, -0.15) is 0 Å². The van der Waals surface area contributed by atoms with Gasteiger partial charge in [-0.3, -0.25) is 10.1 Å². The summed E-state index contributed by atoms with van der Waals surface area (Å²) in [7, 11) is 0. The number of hydrogen-bond donors (Lipinski definition) is 2. The molecule has 2 N–H and O–H groups in total. The van der Waals surface area contributed by atoms with Crippen LogP contribution in [0.1, 0.15) is 39.4 Å². The molecule has 0 bridgehead atoms. The number of anilines is 1. The number of ether oxygens (including phenoxy) is 1. The molecule has 0 atom stereocenters. The largest absolute Gasteiger partial charge is 0.451 e. The van der Waals surface area contributed by atoms with Crippen LogP contribution in [0.3, 0.4) is 0 Å². The number of carbonyl (C=O) groups excluding carboxylic acids is 3.